The van der Waals surface area contributed by atoms with Crippen LogP contribution in [0.15, 0.2) is 18.2 Å². The standard InChI is InChI=1S/C15H20ClN3O/c1-10-12-6-5-11(16)9-13(12)18-14(10)15(20)17-7-4-8-19(2)3/h5-6,9,18H,4,7-8H2,1-3H3,(H,17,20). The van der Waals surface area contributed by atoms with Crippen molar-refractivity contribution >= 4 is 28.4 Å². The number of carbonyl (C=O) groups excluding carboxylic acids is 1. The van der Waals surface area contributed by atoms with Crippen molar-refractivity contribution in [2.24, 2.45) is 0 Å². The van der Waals surface area contributed by atoms with E-state index in [0.29, 0.717) is 17.3 Å². The maximum Gasteiger partial charge on any atom is 0.268 e. The second kappa shape index (κ2) is 6.29. The number of benzene rings is 1. The molecule has 0 spiro atoms. The van der Waals surface area contributed by atoms with Crippen LogP contribution in [0.3, 0.4) is 0 Å². The molecule has 5 heteroatoms. The topological polar surface area (TPSA) is 48.1 Å². The molecule has 0 atom stereocenters. The third-order valence-electron chi connectivity index (χ3n) is 3.32. The third kappa shape index (κ3) is 3.32. The molecule has 20 heavy (non-hydrogen) atoms. The van der Waals surface area contributed by atoms with E-state index in [1.54, 1.807) is 0 Å². The van der Waals surface area contributed by atoms with Crippen molar-refractivity contribution in [3.8, 4) is 0 Å². The number of aryl methyl sites for hydroxylation is 1. The summed E-state index contributed by atoms with van der Waals surface area (Å²) in [4.78, 5) is 17.4. The molecule has 1 aromatic heterocycles. The first kappa shape index (κ1) is 14.9. The van der Waals surface area contributed by atoms with Gasteiger partial charge in [-0.2, -0.15) is 0 Å². The Balaban J connectivity index is 2.08. The highest BCUT2D eigenvalue weighted by molar-refractivity contribution is 6.31. The average Bonchev–Trinajstić information content (AvgIpc) is 2.71. The van der Waals surface area contributed by atoms with Gasteiger partial charge < -0.3 is 15.2 Å². The first-order chi connectivity index (χ1) is 9.49. The van der Waals surface area contributed by atoms with Crippen LogP contribution in [-0.2, 0) is 0 Å². The molecule has 1 aromatic carbocycles. The van der Waals surface area contributed by atoms with Gasteiger partial charge >= 0.3 is 0 Å². The summed E-state index contributed by atoms with van der Waals surface area (Å²) < 4.78 is 0. The normalized spacial score (nSPS) is 11.2. The van der Waals surface area contributed by atoms with Crippen molar-refractivity contribution in [3.05, 3.63) is 34.5 Å². The quantitative estimate of drug-likeness (QED) is 0.833. The number of halogens is 1. The van der Waals surface area contributed by atoms with E-state index < -0.39 is 0 Å². The fraction of sp³-hybridized carbons (Fsp3) is 0.400. The number of amides is 1. The molecular weight excluding hydrogens is 274 g/mol. The van der Waals surface area contributed by atoms with E-state index in [4.69, 9.17) is 11.6 Å². The van der Waals surface area contributed by atoms with E-state index in [0.717, 1.165) is 29.4 Å². The van der Waals surface area contributed by atoms with Crippen molar-refractivity contribution in [3.63, 3.8) is 0 Å². The number of aromatic nitrogens is 1. The molecule has 2 rings (SSSR count). The fourth-order valence-corrected chi connectivity index (χ4v) is 2.39. The van der Waals surface area contributed by atoms with Gasteiger partial charge in [0.2, 0.25) is 0 Å². The Morgan fingerprint density at radius 3 is 2.85 bits per heavy atom. The van der Waals surface area contributed by atoms with Gasteiger partial charge in [0, 0.05) is 22.5 Å². The lowest BCUT2D eigenvalue weighted by Crippen LogP contribution is -2.27. The molecule has 108 valence electrons. The molecule has 1 heterocycles. The van der Waals surface area contributed by atoms with Gasteiger partial charge in [0.05, 0.1) is 0 Å². The highest BCUT2D eigenvalue weighted by Gasteiger charge is 2.14. The number of aromatic amines is 1. The Kier molecular flexibility index (Phi) is 4.68. The largest absolute Gasteiger partial charge is 0.351 e. The number of H-pyrrole nitrogens is 1. The summed E-state index contributed by atoms with van der Waals surface area (Å²) in [5.41, 5.74) is 2.47. The molecule has 2 N–H and O–H groups in total. The van der Waals surface area contributed by atoms with Gasteiger partial charge in [0.25, 0.3) is 5.91 Å². The molecule has 1 amide bonds. The SMILES string of the molecule is Cc1c(C(=O)NCCCN(C)C)[nH]c2cc(Cl)ccc12. The van der Waals surface area contributed by atoms with Crippen LogP contribution in [0.2, 0.25) is 5.02 Å². The first-order valence-electron chi connectivity index (χ1n) is 6.70. The van der Waals surface area contributed by atoms with Gasteiger partial charge in [-0.1, -0.05) is 17.7 Å². The minimum absolute atomic E-state index is 0.0615. The molecule has 0 saturated carbocycles. The van der Waals surface area contributed by atoms with E-state index in [-0.39, 0.29) is 5.91 Å². The Morgan fingerprint density at radius 1 is 1.40 bits per heavy atom. The predicted octanol–water partition coefficient (Wildman–Crippen LogP) is 2.81. The maximum absolute atomic E-state index is 12.2. The van der Waals surface area contributed by atoms with Gasteiger partial charge in [0.15, 0.2) is 0 Å². The van der Waals surface area contributed by atoms with Crippen molar-refractivity contribution in [1.82, 2.24) is 15.2 Å². The predicted molar refractivity (Wildman–Crippen MR) is 83.5 cm³/mol. The summed E-state index contributed by atoms with van der Waals surface area (Å²) in [5.74, 6) is -0.0615. The number of hydrogen-bond acceptors (Lipinski definition) is 2. The molecule has 0 fully saturated rings. The lowest BCUT2D eigenvalue weighted by Gasteiger charge is -2.09. The molecule has 0 aliphatic carbocycles. The summed E-state index contributed by atoms with van der Waals surface area (Å²) in [7, 11) is 4.04. The zero-order chi connectivity index (χ0) is 14.7. The number of fused-ring (bicyclic) bond motifs is 1. The summed E-state index contributed by atoms with van der Waals surface area (Å²) in [6, 6.07) is 5.61. The summed E-state index contributed by atoms with van der Waals surface area (Å²) in [6.07, 6.45) is 0.934. The van der Waals surface area contributed by atoms with Crippen LogP contribution in [-0.4, -0.2) is 43.0 Å². The van der Waals surface area contributed by atoms with Crippen LogP contribution in [0.25, 0.3) is 10.9 Å². The average molecular weight is 294 g/mol. The minimum Gasteiger partial charge on any atom is -0.351 e. The molecule has 0 aliphatic heterocycles. The van der Waals surface area contributed by atoms with Crippen LogP contribution < -0.4 is 5.32 Å². The summed E-state index contributed by atoms with van der Waals surface area (Å²) >= 11 is 5.97. The number of rotatable bonds is 5. The van der Waals surface area contributed by atoms with Gasteiger partial charge in [-0.15, -0.1) is 0 Å². The van der Waals surface area contributed by atoms with Gasteiger partial charge in [-0.05, 0) is 51.7 Å². The lowest BCUT2D eigenvalue weighted by molar-refractivity contribution is 0.0947. The zero-order valence-corrected chi connectivity index (χ0v) is 12.8. The van der Waals surface area contributed by atoms with Gasteiger partial charge in [-0.3, -0.25) is 4.79 Å². The molecule has 4 nitrogen and oxygen atoms in total. The second-order valence-corrected chi connectivity index (χ2v) is 5.66. The molecule has 2 aromatic rings. The lowest BCUT2D eigenvalue weighted by atomic mass is 10.1. The summed E-state index contributed by atoms with van der Waals surface area (Å²) in [5, 5.41) is 4.64. The number of nitrogens with one attached hydrogen (secondary N) is 2. The first-order valence-corrected chi connectivity index (χ1v) is 7.07. The maximum atomic E-state index is 12.2. The zero-order valence-electron chi connectivity index (χ0n) is 12.1. The number of nitrogens with zero attached hydrogens (tertiary/aromatic N) is 1. The molecule has 0 bridgehead atoms. The van der Waals surface area contributed by atoms with E-state index in [1.165, 1.54) is 0 Å². The van der Waals surface area contributed by atoms with E-state index in [9.17, 15) is 4.79 Å². The number of carbonyl (C=O) groups is 1. The molecule has 0 radical (unpaired) electrons. The minimum atomic E-state index is -0.0615. The molecule has 0 unspecified atom stereocenters. The Bertz CT molecular complexity index is 619. The van der Waals surface area contributed by atoms with Crippen LogP contribution in [0.5, 0.6) is 0 Å². The van der Waals surface area contributed by atoms with Gasteiger partial charge in [-0.25, -0.2) is 0 Å². The smallest absolute Gasteiger partial charge is 0.268 e. The second-order valence-electron chi connectivity index (χ2n) is 5.23. The third-order valence-corrected chi connectivity index (χ3v) is 3.55. The highest BCUT2D eigenvalue weighted by Crippen LogP contribution is 2.24. The van der Waals surface area contributed by atoms with Crippen molar-refractivity contribution in [2.45, 2.75) is 13.3 Å². The van der Waals surface area contributed by atoms with Crippen LogP contribution in [0.1, 0.15) is 22.5 Å². The van der Waals surface area contributed by atoms with Crippen molar-refractivity contribution in [1.29, 1.82) is 0 Å². The van der Waals surface area contributed by atoms with Crippen LogP contribution >= 0.6 is 11.6 Å². The molecular formula is C15H20ClN3O. The van der Waals surface area contributed by atoms with Crippen LogP contribution in [0, 0.1) is 6.92 Å². The van der Waals surface area contributed by atoms with Crippen molar-refractivity contribution in [2.75, 3.05) is 27.2 Å². The monoisotopic (exact) mass is 293 g/mol. The molecule has 0 saturated heterocycles. The highest BCUT2D eigenvalue weighted by atomic mass is 35.5. The van der Waals surface area contributed by atoms with E-state index in [2.05, 4.69) is 15.2 Å². The van der Waals surface area contributed by atoms with Gasteiger partial charge in [0.1, 0.15) is 5.69 Å². The van der Waals surface area contributed by atoms with Crippen molar-refractivity contribution < 1.29 is 4.79 Å². The Labute approximate surface area is 124 Å². The van der Waals surface area contributed by atoms with E-state index >= 15 is 0 Å². The van der Waals surface area contributed by atoms with Crippen LogP contribution in [0.4, 0.5) is 0 Å². The molecule has 0 aliphatic rings. The summed E-state index contributed by atoms with van der Waals surface area (Å²) in [6.45, 7) is 3.58. The fourth-order valence-electron chi connectivity index (χ4n) is 2.22. The van der Waals surface area contributed by atoms with E-state index in [1.807, 2.05) is 39.2 Å². The Morgan fingerprint density at radius 2 is 2.15 bits per heavy atom. The Hall–Kier alpha value is -1.52. The number of hydrogen-bond donors (Lipinski definition) is 2.